The average molecular weight is 309 g/mol. The SMILES string of the molecule is CC1(CNC(=O)c2cnn3ccccc23)CCCNC1.Cl. The molecule has 0 bridgehead atoms. The van der Waals surface area contributed by atoms with Crippen molar-refractivity contribution in [2.45, 2.75) is 19.8 Å². The highest BCUT2D eigenvalue weighted by Gasteiger charge is 2.27. The van der Waals surface area contributed by atoms with Crippen LogP contribution in [0.2, 0.25) is 0 Å². The zero-order valence-electron chi connectivity index (χ0n) is 12.1. The predicted molar refractivity (Wildman–Crippen MR) is 85.0 cm³/mol. The van der Waals surface area contributed by atoms with Crippen molar-refractivity contribution in [3.05, 3.63) is 36.2 Å². The third-order valence-electron chi connectivity index (χ3n) is 4.03. The molecule has 1 amide bonds. The fourth-order valence-electron chi connectivity index (χ4n) is 2.77. The lowest BCUT2D eigenvalue weighted by atomic mass is 9.83. The molecule has 1 aliphatic heterocycles. The van der Waals surface area contributed by atoms with Crippen molar-refractivity contribution in [2.75, 3.05) is 19.6 Å². The molecule has 3 heterocycles. The molecule has 1 fully saturated rings. The zero-order valence-corrected chi connectivity index (χ0v) is 12.9. The topological polar surface area (TPSA) is 58.4 Å². The average Bonchev–Trinajstić information content (AvgIpc) is 2.90. The van der Waals surface area contributed by atoms with Crippen LogP contribution in [0.3, 0.4) is 0 Å². The van der Waals surface area contributed by atoms with E-state index in [-0.39, 0.29) is 23.7 Å². The molecule has 21 heavy (non-hydrogen) atoms. The Morgan fingerprint density at radius 3 is 3.14 bits per heavy atom. The Hall–Kier alpha value is -1.59. The number of piperidine rings is 1. The molecule has 2 aromatic heterocycles. The third kappa shape index (κ3) is 3.36. The number of aromatic nitrogens is 2. The number of nitrogens with zero attached hydrogens (tertiary/aromatic N) is 2. The fraction of sp³-hybridized carbons (Fsp3) is 0.467. The molecule has 0 spiro atoms. The summed E-state index contributed by atoms with van der Waals surface area (Å²) in [6.07, 6.45) is 5.79. The molecule has 6 heteroatoms. The van der Waals surface area contributed by atoms with E-state index in [2.05, 4.69) is 22.7 Å². The van der Waals surface area contributed by atoms with Crippen LogP contribution < -0.4 is 10.6 Å². The number of fused-ring (bicyclic) bond motifs is 1. The van der Waals surface area contributed by atoms with Crippen LogP contribution in [0.25, 0.3) is 5.52 Å². The van der Waals surface area contributed by atoms with E-state index >= 15 is 0 Å². The highest BCUT2D eigenvalue weighted by Crippen LogP contribution is 2.24. The second kappa shape index (κ2) is 6.45. The Morgan fingerprint density at radius 1 is 1.52 bits per heavy atom. The molecule has 0 aliphatic carbocycles. The van der Waals surface area contributed by atoms with Gasteiger partial charge in [0.15, 0.2) is 0 Å². The van der Waals surface area contributed by atoms with Crippen molar-refractivity contribution >= 4 is 23.8 Å². The molecule has 0 radical (unpaired) electrons. The van der Waals surface area contributed by atoms with Gasteiger partial charge >= 0.3 is 0 Å². The number of rotatable bonds is 3. The van der Waals surface area contributed by atoms with Crippen molar-refractivity contribution in [2.24, 2.45) is 5.41 Å². The number of nitrogens with one attached hydrogen (secondary N) is 2. The van der Waals surface area contributed by atoms with Crippen molar-refractivity contribution in [1.82, 2.24) is 20.2 Å². The summed E-state index contributed by atoms with van der Waals surface area (Å²) in [5.41, 5.74) is 1.63. The summed E-state index contributed by atoms with van der Waals surface area (Å²) < 4.78 is 1.72. The summed E-state index contributed by atoms with van der Waals surface area (Å²) in [5.74, 6) is -0.0435. The van der Waals surface area contributed by atoms with Crippen LogP contribution in [0.15, 0.2) is 30.6 Å². The van der Waals surface area contributed by atoms with E-state index in [0.29, 0.717) is 12.1 Å². The van der Waals surface area contributed by atoms with Gasteiger partial charge in [0.05, 0.1) is 17.3 Å². The van der Waals surface area contributed by atoms with Crippen molar-refractivity contribution in [1.29, 1.82) is 0 Å². The second-order valence-electron chi connectivity index (χ2n) is 5.86. The van der Waals surface area contributed by atoms with Crippen LogP contribution in [-0.4, -0.2) is 35.2 Å². The molecular formula is C15H21ClN4O. The third-order valence-corrected chi connectivity index (χ3v) is 4.03. The van der Waals surface area contributed by atoms with Crippen molar-refractivity contribution in [3.8, 4) is 0 Å². The van der Waals surface area contributed by atoms with Gasteiger partial charge in [-0.2, -0.15) is 5.10 Å². The minimum absolute atomic E-state index is 0. The standard InChI is InChI=1S/C15H20N4O.ClH/c1-15(6-4-7-16-10-15)11-17-14(20)12-9-18-19-8-3-2-5-13(12)19;/h2-3,5,8-9,16H,4,6-7,10-11H2,1H3,(H,17,20);1H. The van der Waals surface area contributed by atoms with Gasteiger partial charge in [-0.3, -0.25) is 4.79 Å². The Morgan fingerprint density at radius 2 is 2.38 bits per heavy atom. The van der Waals surface area contributed by atoms with Gasteiger partial charge in [-0.25, -0.2) is 4.52 Å². The molecule has 0 saturated carbocycles. The molecule has 1 saturated heterocycles. The molecule has 5 nitrogen and oxygen atoms in total. The molecule has 2 N–H and O–H groups in total. The summed E-state index contributed by atoms with van der Waals surface area (Å²) in [4.78, 5) is 12.3. The van der Waals surface area contributed by atoms with Crippen molar-refractivity contribution in [3.63, 3.8) is 0 Å². The van der Waals surface area contributed by atoms with E-state index in [4.69, 9.17) is 0 Å². The summed E-state index contributed by atoms with van der Waals surface area (Å²) >= 11 is 0. The highest BCUT2D eigenvalue weighted by atomic mass is 35.5. The number of carbonyl (C=O) groups excluding carboxylic acids is 1. The molecule has 3 rings (SSSR count). The van der Waals surface area contributed by atoms with E-state index < -0.39 is 0 Å². The van der Waals surface area contributed by atoms with Gasteiger partial charge in [0, 0.05) is 19.3 Å². The van der Waals surface area contributed by atoms with E-state index in [9.17, 15) is 4.79 Å². The van der Waals surface area contributed by atoms with Crippen molar-refractivity contribution < 1.29 is 4.79 Å². The number of pyridine rings is 1. The number of carbonyl (C=O) groups is 1. The number of hydrogen-bond acceptors (Lipinski definition) is 3. The molecule has 2 aromatic rings. The summed E-state index contributed by atoms with van der Waals surface area (Å²) in [7, 11) is 0. The number of hydrogen-bond donors (Lipinski definition) is 2. The molecule has 1 aliphatic rings. The first-order valence-electron chi connectivity index (χ1n) is 7.09. The van der Waals surface area contributed by atoms with Gasteiger partial charge < -0.3 is 10.6 Å². The van der Waals surface area contributed by atoms with Gasteiger partial charge in [0.25, 0.3) is 5.91 Å². The Bertz CT molecular complexity index is 619. The fourth-order valence-corrected chi connectivity index (χ4v) is 2.77. The lowest BCUT2D eigenvalue weighted by molar-refractivity contribution is 0.0926. The normalized spacial score (nSPS) is 21.8. The summed E-state index contributed by atoms with van der Waals surface area (Å²) in [5, 5.41) is 10.6. The first-order chi connectivity index (χ1) is 9.68. The quantitative estimate of drug-likeness (QED) is 0.910. The lowest BCUT2D eigenvalue weighted by Crippen LogP contribution is -2.45. The second-order valence-corrected chi connectivity index (χ2v) is 5.86. The van der Waals surface area contributed by atoms with E-state index in [0.717, 1.165) is 25.0 Å². The monoisotopic (exact) mass is 308 g/mol. The van der Waals surface area contributed by atoms with Gasteiger partial charge in [-0.15, -0.1) is 12.4 Å². The zero-order chi connectivity index (χ0) is 14.0. The maximum Gasteiger partial charge on any atom is 0.255 e. The first-order valence-corrected chi connectivity index (χ1v) is 7.09. The maximum absolute atomic E-state index is 12.3. The van der Waals surface area contributed by atoms with Gasteiger partial charge in [-0.05, 0) is 36.9 Å². The van der Waals surface area contributed by atoms with Crippen LogP contribution in [-0.2, 0) is 0 Å². The van der Waals surface area contributed by atoms with Crippen LogP contribution in [0.4, 0.5) is 0 Å². The van der Waals surface area contributed by atoms with Gasteiger partial charge in [0.1, 0.15) is 0 Å². The molecule has 1 unspecified atom stereocenters. The molecular weight excluding hydrogens is 288 g/mol. The predicted octanol–water partition coefficient (Wildman–Crippen LogP) is 1.88. The first kappa shape index (κ1) is 15.8. The Labute approximate surface area is 130 Å². The van der Waals surface area contributed by atoms with Gasteiger partial charge in [0.2, 0.25) is 0 Å². The molecule has 1 atom stereocenters. The van der Waals surface area contributed by atoms with Gasteiger partial charge in [-0.1, -0.05) is 13.0 Å². The highest BCUT2D eigenvalue weighted by molar-refractivity contribution is 6.00. The lowest BCUT2D eigenvalue weighted by Gasteiger charge is -2.34. The summed E-state index contributed by atoms with van der Waals surface area (Å²) in [6, 6.07) is 5.72. The number of halogens is 1. The number of amides is 1. The Balaban J connectivity index is 0.00000161. The minimum atomic E-state index is -0.0435. The van der Waals surface area contributed by atoms with Crippen LogP contribution in [0.1, 0.15) is 30.1 Å². The smallest absolute Gasteiger partial charge is 0.255 e. The largest absolute Gasteiger partial charge is 0.351 e. The van der Waals surface area contributed by atoms with E-state index in [1.165, 1.54) is 6.42 Å². The summed E-state index contributed by atoms with van der Waals surface area (Å²) in [6.45, 7) is 4.96. The van der Waals surface area contributed by atoms with E-state index in [1.807, 2.05) is 24.4 Å². The Kier molecular flexibility index (Phi) is 4.85. The van der Waals surface area contributed by atoms with Crippen LogP contribution >= 0.6 is 12.4 Å². The van der Waals surface area contributed by atoms with E-state index in [1.54, 1.807) is 10.7 Å². The molecule has 0 aromatic carbocycles. The van der Waals surface area contributed by atoms with Crippen LogP contribution in [0, 0.1) is 5.41 Å². The van der Waals surface area contributed by atoms with Crippen LogP contribution in [0.5, 0.6) is 0 Å². The maximum atomic E-state index is 12.3. The minimum Gasteiger partial charge on any atom is -0.351 e. The molecule has 114 valence electrons.